The molecule has 1 aromatic carbocycles. The minimum absolute atomic E-state index is 0.0570. The number of hydrogen-bond donors (Lipinski definition) is 3. The maximum absolute atomic E-state index is 12.7. The predicted octanol–water partition coefficient (Wildman–Crippen LogP) is 2.90. The van der Waals surface area contributed by atoms with Gasteiger partial charge in [-0.05, 0) is 44.4 Å². The summed E-state index contributed by atoms with van der Waals surface area (Å²) in [5.41, 5.74) is -0.173. The molecule has 6 nitrogen and oxygen atoms in total. The van der Waals surface area contributed by atoms with Crippen LogP contribution < -0.4 is 5.32 Å². The molecule has 3 N–H and O–H groups in total. The van der Waals surface area contributed by atoms with Crippen molar-refractivity contribution < 1.29 is 23.4 Å². The molecular formula is C16H17F3N4O2. The number of nitrogens with zero attached hydrogens (tertiary/aromatic N) is 3. The first-order chi connectivity index (χ1) is 11.7. The van der Waals surface area contributed by atoms with Crippen LogP contribution in [-0.2, 0) is 6.18 Å². The summed E-state index contributed by atoms with van der Waals surface area (Å²) in [5.74, 6) is -0.250. The van der Waals surface area contributed by atoms with Crippen LogP contribution in [0.4, 0.5) is 19.1 Å². The van der Waals surface area contributed by atoms with Gasteiger partial charge in [-0.2, -0.15) is 13.2 Å². The molecule has 0 spiro atoms. The Bertz CT molecular complexity index is 782. The van der Waals surface area contributed by atoms with Crippen LogP contribution in [0, 0.1) is 6.92 Å². The minimum Gasteiger partial charge on any atom is -0.507 e. The number of benzene rings is 1. The summed E-state index contributed by atoms with van der Waals surface area (Å²) in [6.07, 6.45) is -2.76. The zero-order chi connectivity index (χ0) is 18.2. The highest BCUT2D eigenvalue weighted by Gasteiger charge is 2.31. The van der Waals surface area contributed by atoms with E-state index >= 15 is 0 Å². The fourth-order valence-corrected chi connectivity index (χ4v) is 2.89. The number of phenolic OH excluding ortho intramolecular Hbond substituents is 1. The molecule has 9 heteroatoms. The summed E-state index contributed by atoms with van der Waals surface area (Å²) in [5, 5.41) is 30.4. The lowest BCUT2D eigenvalue weighted by Gasteiger charge is -2.13. The SMILES string of the molecule is Cc1nc(N[C@@H]2CC[C@@H](O)C2)nnc1-c1ccc(C(F)(F)F)cc1O. The maximum atomic E-state index is 12.7. The van der Waals surface area contributed by atoms with Gasteiger partial charge in [-0.15, -0.1) is 10.2 Å². The van der Waals surface area contributed by atoms with Crippen molar-refractivity contribution in [3.8, 4) is 17.0 Å². The van der Waals surface area contributed by atoms with E-state index < -0.39 is 17.5 Å². The van der Waals surface area contributed by atoms with Gasteiger partial charge in [-0.3, -0.25) is 0 Å². The van der Waals surface area contributed by atoms with Crippen molar-refractivity contribution in [3.05, 3.63) is 29.5 Å². The van der Waals surface area contributed by atoms with E-state index in [1.165, 1.54) is 0 Å². The molecule has 1 aromatic heterocycles. The van der Waals surface area contributed by atoms with Crippen molar-refractivity contribution in [1.82, 2.24) is 15.2 Å². The summed E-state index contributed by atoms with van der Waals surface area (Å²) < 4.78 is 38.0. The molecule has 0 radical (unpaired) electrons. The number of hydrogen-bond acceptors (Lipinski definition) is 6. The second kappa shape index (κ2) is 6.47. The highest BCUT2D eigenvalue weighted by molar-refractivity contribution is 5.69. The van der Waals surface area contributed by atoms with Crippen molar-refractivity contribution in [2.24, 2.45) is 0 Å². The van der Waals surface area contributed by atoms with Crippen molar-refractivity contribution >= 4 is 5.95 Å². The molecule has 3 rings (SSSR count). The van der Waals surface area contributed by atoms with Crippen LogP contribution >= 0.6 is 0 Å². The van der Waals surface area contributed by atoms with Gasteiger partial charge in [-0.1, -0.05) is 0 Å². The van der Waals surface area contributed by atoms with Gasteiger partial charge in [0, 0.05) is 11.6 Å². The van der Waals surface area contributed by atoms with E-state index in [0.717, 1.165) is 18.6 Å². The lowest BCUT2D eigenvalue weighted by atomic mass is 10.1. The molecule has 1 aliphatic rings. The molecule has 0 saturated heterocycles. The van der Waals surface area contributed by atoms with Gasteiger partial charge in [0.2, 0.25) is 5.95 Å². The average Bonchev–Trinajstić information content (AvgIpc) is 2.92. The number of anilines is 1. The Morgan fingerprint density at radius 3 is 2.52 bits per heavy atom. The molecule has 0 aliphatic heterocycles. The van der Waals surface area contributed by atoms with Crippen LogP contribution in [0.15, 0.2) is 18.2 Å². The number of aromatic nitrogens is 3. The number of phenols is 1. The van der Waals surface area contributed by atoms with Crippen molar-refractivity contribution in [3.63, 3.8) is 0 Å². The molecule has 2 aromatic rings. The van der Waals surface area contributed by atoms with Crippen LogP contribution in [0.5, 0.6) is 5.75 Å². The van der Waals surface area contributed by atoms with E-state index in [2.05, 4.69) is 20.5 Å². The third kappa shape index (κ3) is 3.81. The highest BCUT2D eigenvalue weighted by atomic mass is 19.4. The third-order valence-corrected chi connectivity index (χ3v) is 4.18. The Morgan fingerprint density at radius 1 is 1.20 bits per heavy atom. The van der Waals surface area contributed by atoms with Crippen LogP contribution in [0.1, 0.15) is 30.5 Å². The van der Waals surface area contributed by atoms with Gasteiger partial charge in [0.1, 0.15) is 11.4 Å². The van der Waals surface area contributed by atoms with Crippen LogP contribution in [0.2, 0.25) is 0 Å². The van der Waals surface area contributed by atoms with E-state index in [-0.39, 0.29) is 29.4 Å². The Hall–Kier alpha value is -2.42. The molecule has 1 heterocycles. The van der Waals surface area contributed by atoms with Gasteiger partial charge in [0.15, 0.2) is 0 Å². The summed E-state index contributed by atoms with van der Waals surface area (Å²) >= 11 is 0. The standard InChI is InChI=1S/C16H17F3N4O2/c1-8-14(12-5-2-9(6-13(12)25)16(17,18)19)22-23-15(20-8)21-10-3-4-11(24)7-10/h2,5-6,10-11,24-25H,3-4,7H2,1H3,(H,20,21,23)/t10-,11-/m1/s1. The second-order valence-corrected chi connectivity index (χ2v) is 6.11. The number of aromatic hydroxyl groups is 1. The first-order valence-corrected chi connectivity index (χ1v) is 7.80. The Morgan fingerprint density at radius 2 is 1.96 bits per heavy atom. The van der Waals surface area contributed by atoms with E-state index in [4.69, 9.17) is 0 Å². The molecule has 0 amide bonds. The second-order valence-electron chi connectivity index (χ2n) is 6.11. The number of halogens is 3. The fraction of sp³-hybridized carbons (Fsp3) is 0.438. The Labute approximate surface area is 141 Å². The molecule has 1 aliphatic carbocycles. The normalized spacial score (nSPS) is 20.7. The third-order valence-electron chi connectivity index (χ3n) is 4.18. The van der Waals surface area contributed by atoms with Crippen molar-refractivity contribution in [2.45, 2.75) is 44.5 Å². The Balaban J connectivity index is 1.83. The lowest BCUT2D eigenvalue weighted by Crippen LogP contribution is -2.19. The average molecular weight is 354 g/mol. The van der Waals surface area contributed by atoms with E-state index in [0.29, 0.717) is 24.6 Å². The quantitative estimate of drug-likeness (QED) is 0.785. The Kier molecular flexibility index (Phi) is 4.51. The zero-order valence-corrected chi connectivity index (χ0v) is 13.4. The number of alkyl halides is 3. The number of nitrogens with one attached hydrogen (secondary N) is 1. The zero-order valence-electron chi connectivity index (χ0n) is 13.4. The van der Waals surface area contributed by atoms with Crippen molar-refractivity contribution in [2.75, 3.05) is 5.32 Å². The summed E-state index contributed by atoms with van der Waals surface area (Å²) in [7, 11) is 0. The lowest BCUT2D eigenvalue weighted by molar-refractivity contribution is -0.137. The van der Waals surface area contributed by atoms with Crippen LogP contribution in [-0.4, -0.2) is 37.5 Å². The van der Waals surface area contributed by atoms with Gasteiger partial charge >= 0.3 is 6.18 Å². The molecule has 1 saturated carbocycles. The molecule has 0 bridgehead atoms. The number of aryl methyl sites for hydroxylation is 1. The van der Waals surface area contributed by atoms with E-state index in [9.17, 15) is 23.4 Å². The summed E-state index contributed by atoms with van der Waals surface area (Å²) in [6, 6.07) is 2.74. The number of aliphatic hydroxyl groups is 1. The maximum Gasteiger partial charge on any atom is 0.416 e. The smallest absolute Gasteiger partial charge is 0.416 e. The largest absolute Gasteiger partial charge is 0.507 e. The van der Waals surface area contributed by atoms with Gasteiger partial charge in [-0.25, -0.2) is 4.98 Å². The molecule has 134 valence electrons. The monoisotopic (exact) mass is 354 g/mol. The summed E-state index contributed by atoms with van der Waals surface area (Å²) in [4.78, 5) is 4.25. The fourth-order valence-electron chi connectivity index (χ4n) is 2.89. The van der Waals surface area contributed by atoms with Crippen molar-refractivity contribution in [1.29, 1.82) is 0 Å². The first-order valence-electron chi connectivity index (χ1n) is 7.80. The van der Waals surface area contributed by atoms with Gasteiger partial charge < -0.3 is 15.5 Å². The predicted molar refractivity (Wildman–Crippen MR) is 83.9 cm³/mol. The van der Waals surface area contributed by atoms with Gasteiger partial charge in [0.05, 0.1) is 17.4 Å². The van der Waals surface area contributed by atoms with Crippen LogP contribution in [0.3, 0.4) is 0 Å². The topological polar surface area (TPSA) is 91.2 Å². The number of aliphatic hydroxyl groups excluding tert-OH is 1. The van der Waals surface area contributed by atoms with E-state index in [1.807, 2.05) is 0 Å². The molecular weight excluding hydrogens is 337 g/mol. The number of rotatable bonds is 3. The first kappa shape index (κ1) is 17.4. The molecule has 25 heavy (non-hydrogen) atoms. The van der Waals surface area contributed by atoms with E-state index in [1.54, 1.807) is 6.92 Å². The minimum atomic E-state index is -4.53. The molecule has 0 unspecified atom stereocenters. The van der Waals surface area contributed by atoms with Gasteiger partial charge in [0.25, 0.3) is 0 Å². The summed E-state index contributed by atoms with van der Waals surface area (Å²) in [6.45, 7) is 1.63. The molecule has 2 atom stereocenters. The molecule has 1 fully saturated rings. The highest BCUT2D eigenvalue weighted by Crippen LogP contribution is 2.36. The van der Waals surface area contributed by atoms with Crippen LogP contribution in [0.25, 0.3) is 11.3 Å².